The highest BCUT2D eigenvalue weighted by Crippen LogP contribution is 2.31. The summed E-state index contributed by atoms with van der Waals surface area (Å²) >= 11 is 6.12. The highest BCUT2D eigenvalue weighted by Gasteiger charge is 2.27. The van der Waals surface area contributed by atoms with Gasteiger partial charge in [0.25, 0.3) is 6.43 Å². The monoisotopic (exact) mass is 437 g/mol. The topological polar surface area (TPSA) is 53.6 Å². The maximum atomic E-state index is 14.0. The van der Waals surface area contributed by atoms with Crippen LogP contribution in [-0.2, 0) is 6.54 Å². The molecule has 2 aromatic carbocycles. The summed E-state index contributed by atoms with van der Waals surface area (Å²) in [5.41, 5.74) is 1.48. The smallest absolute Gasteiger partial charge is 0.317 e. The molecular weight excluding hydrogens is 412 g/mol. The van der Waals surface area contributed by atoms with Crippen molar-refractivity contribution in [2.75, 3.05) is 19.0 Å². The lowest BCUT2D eigenvalue weighted by molar-refractivity contribution is 0.124. The van der Waals surface area contributed by atoms with E-state index in [1.165, 1.54) is 0 Å². The minimum atomic E-state index is -2.67. The minimum absolute atomic E-state index is 0.117. The number of benzene rings is 2. The third-order valence-corrected chi connectivity index (χ3v) is 5.58. The van der Waals surface area contributed by atoms with Crippen molar-refractivity contribution in [3.63, 3.8) is 0 Å². The Morgan fingerprint density at radius 1 is 1.27 bits per heavy atom. The number of amides is 2. The molecule has 2 amide bonds. The fourth-order valence-electron chi connectivity index (χ4n) is 3.68. The van der Waals surface area contributed by atoms with Crippen LogP contribution in [0.2, 0.25) is 5.02 Å². The van der Waals surface area contributed by atoms with Crippen molar-refractivity contribution >= 4 is 23.3 Å². The summed E-state index contributed by atoms with van der Waals surface area (Å²) in [4.78, 5) is 14.3. The number of ether oxygens (including phenoxy) is 1. The molecule has 0 radical (unpaired) electrons. The van der Waals surface area contributed by atoms with Crippen molar-refractivity contribution in [3.05, 3.63) is 58.6 Å². The zero-order valence-corrected chi connectivity index (χ0v) is 17.8. The molecular formula is C22H26ClF2N3O2. The second-order valence-corrected chi connectivity index (χ2v) is 7.81. The normalized spacial score (nSPS) is 17.1. The Hall–Kier alpha value is -2.54. The van der Waals surface area contributed by atoms with Crippen LogP contribution in [0, 0.1) is 0 Å². The van der Waals surface area contributed by atoms with Gasteiger partial charge in [0.05, 0.1) is 7.11 Å². The molecule has 1 unspecified atom stereocenters. The Labute approximate surface area is 180 Å². The first-order valence-corrected chi connectivity index (χ1v) is 10.3. The third-order valence-electron chi connectivity index (χ3n) is 5.35. The second kappa shape index (κ2) is 9.98. The lowest BCUT2D eigenvalue weighted by Gasteiger charge is -2.25. The van der Waals surface area contributed by atoms with Crippen molar-refractivity contribution in [3.8, 4) is 5.75 Å². The van der Waals surface area contributed by atoms with E-state index in [1.54, 1.807) is 54.5 Å². The summed E-state index contributed by atoms with van der Waals surface area (Å²) in [5, 5.41) is 6.16. The van der Waals surface area contributed by atoms with E-state index in [-0.39, 0.29) is 18.6 Å². The number of alkyl halides is 2. The van der Waals surface area contributed by atoms with Gasteiger partial charge in [0.1, 0.15) is 11.8 Å². The number of halogens is 3. The number of hydrogen-bond acceptors (Lipinski definition) is 3. The third kappa shape index (κ3) is 5.33. The molecule has 1 saturated heterocycles. The fraction of sp³-hybridized carbons (Fsp3) is 0.409. The van der Waals surface area contributed by atoms with Crippen molar-refractivity contribution in [2.45, 2.75) is 44.8 Å². The van der Waals surface area contributed by atoms with E-state index in [0.717, 1.165) is 12.8 Å². The molecule has 2 aromatic rings. The molecule has 3 rings (SSSR count). The SMILES string of the molecule is COc1ccc(NC(c2ccc(Cl)cc2CNC(=O)N2CCC[C@H]2C)C(F)F)cc1. The Bertz CT molecular complexity index is 864. The van der Waals surface area contributed by atoms with Gasteiger partial charge in [-0.05, 0) is 67.3 Å². The van der Waals surface area contributed by atoms with Crippen molar-refractivity contribution < 1.29 is 18.3 Å². The molecule has 30 heavy (non-hydrogen) atoms. The van der Waals surface area contributed by atoms with Crippen LogP contribution in [0.4, 0.5) is 19.3 Å². The zero-order chi connectivity index (χ0) is 21.7. The second-order valence-electron chi connectivity index (χ2n) is 7.37. The van der Waals surface area contributed by atoms with E-state index in [1.807, 2.05) is 6.92 Å². The number of nitrogens with zero attached hydrogens (tertiary/aromatic N) is 1. The first-order valence-electron chi connectivity index (χ1n) is 9.90. The first-order chi connectivity index (χ1) is 14.4. The Morgan fingerprint density at radius 3 is 2.60 bits per heavy atom. The molecule has 8 heteroatoms. The van der Waals surface area contributed by atoms with Gasteiger partial charge in [-0.2, -0.15) is 0 Å². The Morgan fingerprint density at radius 2 is 2.00 bits per heavy atom. The maximum Gasteiger partial charge on any atom is 0.317 e. The van der Waals surface area contributed by atoms with Crippen LogP contribution in [0.1, 0.15) is 36.9 Å². The highest BCUT2D eigenvalue weighted by atomic mass is 35.5. The summed E-state index contributed by atoms with van der Waals surface area (Å²) in [6.45, 7) is 2.82. The number of likely N-dealkylation sites (tertiary alicyclic amines) is 1. The van der Waals surface area contributed by atoms with Crippen LogP contribution in [0.15, 0.2) is 42.5 Å². The van der Waals surface area contributed by atoms with E-state index in [9.17, 15) is 13.6 Å². The van der Waals surface area contributed by atoms with Gasteiger partial charge in [-0.3, -0.25) is 0 Å². The molecule has 2 N–H and O–H groups in total. The standard InChI is InChI=1S/C22H26ClF2N3O2/c1-14-4-3-11-28(14)22(29)26-13-15-12-16(23)5-10-19(15)20(21(24)25)27-17-6-8-18(30-2)9-7-17/h5-10,12,14,20-21,27H,3-4,11,13H2,1-2H3,(H,26,29)/t14-,20?/m1/s1. The molecule has 5 nitrogen and oxygen atoms in total. The molecule has 1 aliphatic rings. The largest absolute Gasteiger partial charge is 0.497 e. The summed E-state index contributed by atoms with van der Waals surface area (Å²) in [6.07, 6.45) is -0.730. The van der Waals surface area contributed by atoms with Gasteiger partial charge in [-0.1, -0.05) is 17.7 Å². The van der Waals surface area contributed by atoms with Crippen LogP contribution in [0.5, 0.6) is 5.75 Å². The quantitative estimate of drug-likeness (QED) is 0.604. The van der Waals surface area contributed by atoms with Crippen LogP contribution >= 0.6 is 11.6 Å². The Kier molecular flexibility index (Phi) is 7.37. The molecule has 0 aromatic heterocycles. The number of carbonyl (C=O) groups is 1. The number of rotatable bonds is 7. The van der Waals surface area contributed by atoms with Crippen LogP contribution in [0.3, 0.4) is 0 Å². The molecule has 0 spiro atoms. The van der Waals surface area contributed by atoms with E-state index in [4.69, 9.17) is 16.3 Å². The van der Waals surface area contributed by atoms with E-state index < -0.39 is 12.5 Å². The summed E-state index contributed by atoms with van der Waals surface area (Å²) < 4.78 is 33.1. The summed E-state index contributed by atoms with van der Waals surface area (Å²) in [5.74, 6) is 0.639. The molecule has 0 saturated carbocycles. The number of carbonyl (C=O) groups excluding carboxylic acids is 1. The summed E-state index contributed by atoms with van der Waals surface area (Å²) in [6, 6.07) is 10.3. The van der Waals surface area contributed by atoms with Crippen LogP contribution < -0.4 is 15.4 Å². The van der Waals surface area contributed by atoms with Gasteiger partial charge < -0.3 is 20.3 Å². The zero-order valence-electron chi connectivity index (χ0n) is 17.0. The molecule has 2 atom stereocenters. The predicted octanol–water partition coefficient (Wildman–Crippen LogP) is 5.46. The Balaban J connectivity index is 1.78. The van der Waals surface area contributed by atoms with Gasteiger partial charge in [0.2, 0.25) is 0 Å². The van der Waals surface area contributed by atoms with E-state index >= 15 is 0 Å². The number of anilines is 1. The van der Waals surface area contributed by atoms with Gasteiger partial charge in [-0.15, -0.1) is 0 Å². The first kappa shape index (κ1) is 22.2. The molecule has 1 heterocycles. The fourth-order valence-corrected chi connectivity index (χ4v) is 3.88. The molecule has 1 fully saturated rings. The average Bonchev–Trinajstić information content (AvgIpc) is 3.17. The van der Waals surface area contributed by atoms with Gasteiger partial charge in [-0.25, -0.2) is 13.6 Å². The molecule has 0 aliphatic carbocycles. The van der Waals surface area contributed by atoms with Gasteiger partial charge >= 0.3 is 6.03 Å². The van der Waals surface area contributed by atoms with Crippen molar-refractivity contribution in [1.29, 1.82) is 0 Å². The van der Waals surface area contributed by atoms with Gasteiger partial charge in [0.15, 0.2) is 0 Å². The summed E-state index contributed by atoms with van der Waals surface area (Å²) in [7, 11) is 1.54. The number of nitrogens with one attached hydrogen (secondary N) is 2. The van der Waals surface area contributed by atoms with Gasteiger partial charge in [0, 0.05) is 29.8 Å². The number of hydrogen-bond donors (Lipinski definition) is 2. The molecule has 162 valence electrons. The van der Waals surface area contributed by atoms with Crippen molar-refractivity contribution in [2.24, 2.45) is 0 Å². The molecule has 0 bridgehead atoms. The highest BCUT2D eigenvalue weighted by molar-refractivity contribution is 6.30. The lowest BCUT2D eigenvalue weighted by Crippen LogP contribution is -2.41. The minimum Gasteiger partial charge on any atom is -0.497 e. The number of urea groups is 1. The maximum absolute atomic E-state index is 14.0. The lowest BCUT2D eigenvalue weighted by atomic mass is 10.00. The predicted molar refractivity (Wildman–Crippen MR) is 114 cm³/mol. The van der Waals surface area contributed by atoms with Crippen LogP contribution in [-0.4, -0.2) is 37.1 Å². The van der Waals surface area contributed by atoms with E-state index in [2.05, 4.69) is 10.6 Å². The molecule has 1 aliphatic heterocycles. The van der Waals surface area contributed by atoms with Crippen LogP contribution in [0.25, 0.3) is 0 Å². The van der Waals surface area contributed by atoms with Crippen molar-refractivity contribution in [1.82, 2.24) is 10.2 Å². The van der Waals surface area contributed by atoms with E-state index in [0.29, 0.717) is 34.1 Å². The number of methoxy groups -OCH3 is 1. The average molecular weight is 438 g/mol.